The number of aliphatic hydroxyl groups is 1. The number of hydrogen-bond donors (Lipinski definition) is 3. The molecule has 0 fully saturated rings. The van der Waals surface area contributed by atoms with E-state index in [1.54, 1.807) is 13.0 Å². The lowest BCUT2D eigenvalue weighted by atomic mass is 9.84. The number of aryl methyl sites for hydroxylation is 1. The predicted molar refractivity (Wildman–Crippen MR) is 133 cm³/mol. The second-order valence-electron chi connectivity index (χ2n) is 8.48. The van der Waals surface area contributed by atoms with Crippen LogP contribution in [0.4, 0.5) is 0 Å². The third-order valence-electron chi connectivity index (χ3n) is 5.17. The first-order chi connectivity index (χ1) is 14.2. The van der Waals surface area contributed by atoms with Crippen LogP contribution in [0.3, 0.4) is 0 Å². The largest absolute Gasteiger partial charge is 0.486 e. The molecule has 1 unspecified atom stereocenters. The van der Waals surface area contributed by atoms with Crippen molar-refractivity contribution in [2.45, 2.75) is 45.6 Å². The van der Waals surface area contributed by atoms with E-state index >= 15 is 0 Å². The SMILES string of the molecule is CCNC(=NCC(C)(C)c1ccc2c(c1)OCCO2)NCC(C)(O)c1ccc(C)o1.I. The van der Waals surface area contributed by atoms with Crippen LogP contribution in [0.15, 0.2) is 39.7 Å². The van der Waals surface area contributed by atoms with Gasteiger partial charge in [-0.15, -0.1) is 24.0 Å². The third kappa shape index (κ3) is 6.52. The molecule has 0 radical (unpaired) electrons. The number of hydrogen-bond acceptors (Lipinski definition) is 5. The molecule has 1 aromatic carbocycles. The molecule has 1 aliphatic rings. The minimum absolute atomic E-state index is 0. The Labute approximate surface area is 201 Å². The number of halogens is 1. The van der Waals surface area contributed by atoms with E-state index < -0.39 is 5.60 Å². The summed E-state index contributed by atoms with van der Waals surface area (Å²) in [6.07, 6.45) is 0. The first-order valence-electron chi connectivity index (χ1n) is 10.4. The number of furan rings is 1. The highest BCUT2D eigenvalue weighted by molar-refractivity contribution is 14.0. The van der Waals surface area contributed by atoms with Gasteiger partial charge in [-0.3, -0.25) is 4.99 Å². The van der Waals surface area contributed by atoms with Crippen molar-refractivity contribution < 1.29 is 19.0 Å². The molecule has 0 aliphatic carbocycles. The maximum atomic E-state index is 10.8. The molecule has 2 aromatic rings. The zero-order chi connectivity index (χ0) is 21.8. The summed E-state index contributed by atoms with van der Waals surface area (Å²) in [5.74, 6) is 3.51. The van der Waals surface area contributed by atoms with Crippen LogP contribution in [0.1, 0.15) is 44.8 Å². The highest BCUT2D eigenvalue weighted by atomic mass is 127. The maximum absolute atomic E-state index is 10.8. The Bertz CT molecular complexity index is 893. The number of aliphatic imine (C=N–C) groups is 1. The van der Waals surface area contributed by atoms with Gasteiger partial charge in [0.15, 0.2) is 17.5 Å². The standard InChI is InChI=1S/C23H33N3O4.HI/c1-6-24-21(26-15-23(5,27)20-10-7-16(2)30-20)25-14-22(3,4)17-8-9-18-19(13-17)29-12-11-28-18;/h7-10,13,27H,6,11-12,14-15H2,1-5H3,(H2,24,25,26);1H. The molecule has 0 amide bonds. The van der Waals surface area contributed by atoms with Crippen molar-refractivity contribution in [3.8, 4) is 11.5 Å². The van der Waals surface area contributed by atoms with Crippen LogP contribution in [0, 0.1) is 6.92 Å². The van der Waals surface area contributed by atoms with Gasteiger partial charge in [0.1, 0.15) is 30.3 Å². The fourth-order valence-electron chi connectivity index (χ4n) is 3.24. The molecule has 7 nitrogen and oxygen atoms in total. The lowest BCUT2D eigenvalue weighted by Gasteiger charge is -2.27. The van der Waals surface area contributed by atoms with Gasteiger partial charge in [0.05, 0.1) is 13.1 Å². The van der Waals surface area contributed by atoms with Crippen LogP contribution < -0.4 is 20.1 Å². The fraction of sp³-hybridized carbons (Fsp3) is 0.522. The molecule has 31 heavy (non-hydrogen) atoms. The molecule has 3 N–H and O–H groups in total. The van der Waals surface area contributed by atoms with E-state index in [0.717, 1.165) is 29.4 Å². The molecular weight excluding hydrogens is 509 g/mol. The second kappa shape index (κ2) is 10.6. The normalized spacial score (nSPS) is 15.6. The molecule has 0 saturated carbocycles. The van der Waals surface area contributed by atoms with E-state index in [2.05, 4.69) is 30.5 Å². The van der Waals surface area contributed by atoms with Gasteiger partial charge < -0.3 is 29.6 Å². The van der Waals surface area contributed by atoms with Gasteiger partial charge in [0.25, 0.3) is 0 Å². The van der Waals surface area contributed by atoms with Crippen molar-refractivity contribution in [3.05, 3.63) is 47.4 Å². The molecule has 1 aromatic heterocycles. The van der Waals surface area contributed by atoms with Gasteiger partial charge in [0.2, 0.25) is 0 Å². The summed E-state index contributed by atoms with van der Waals surface area (Å²) in [6.45, 7) is 12.6. The highest BCUT2D eigenvalue weighted by Crippen LogP contribution is 2.35. The molecule has 1 atom stereocenters. The number of rotatable bonds is 7. The lowest BCUT2D eigenvalue weighted by molar-refractivity contribution is 0.0378. The quantitative estimate of drug-likeness (QED) is 0.281. The number of nitrogens with zero attached hydrogens (tertiary/aromatic N) is 1. The summed E-state index contributed by atoms with van der Waals surface area (Å²) < 4.78 is 16.9. The first kappa shape index (κ1) is 25.3. The minimum atomic E-state index is -1.14. The van der Waals surface area contributed by atoms with E-state index in [9.17, 15) is 5.11 Å². The van der Waals surface area contributed by atoms with Gasteiger partial charge in [-0.05, 0) is 50.6 Å². The Morgan fingerprint density at radius 2 is 1.77 bits per heavy atom. The molecular formula is C23H34IN3O4. The number of nitrogens with one attached hydrogen (secondary N) is 2. The van der Waals surface area contributed by atoms with E-state index in [4.69, 9.17) is 18.9 Å². The number of fused-ring (bicyclic) bond motifs is 1. The smallest absolute Gasteiger partial charge is 0.191 e. The zero-order valence-corrected chi connectivity index (χ0v) is 21.3. The molecule has 3 rings (SSSR count). The Morgan fingerprint density at radius 3 is 2.42 bits per heavy atom. The van der Waals surface area contributed by atoms with Gasteiger partial charge >= 0.3 is 0 Å². The average molecular weight is 543 g/mol. The van der Waals surface area contributed by atoms with Crippen LogP contribution in [0.5, 0.6) is 11.5 Å². The van der Waals surface area contributed by atoms with Crippen LogP contribution in [-0.2, 0) is 11.0 Å². The average Bonchev–Trinajstić information content (AvgIpc) is 3.17. The molecule has 2 heterocycles. The monoisotopic (exact) mass is 543 g/mol. The maximum Gasteiger partial charge on any atom is 0.191 e. The van der Waals surface area contributed by atoms with Gasteiger partial charge in [-0.1, -0.05) is 19.9 Å². The Balaban J connectivity index is 0.00000341. The summed E-state index contributed by atoms with van der Waals surface area (Å²) in [4.78, 5) is 4.76. The summed E-state index contributed by atoms with van der Waals surface area (Å²) in [5, 5.41) is 17.2. The minimum Gasteiger partial charge on any atom is -0.486 e. The van der Waals surface area contributed by atoms with Crippen molar-refractivity contribution in [1.29, 1.82) is 0 Å². The van der Waals surface area contributed by atoms with Crippen LogP contribution >= 0.6 is 24.0 Å². The Morgan fingerprint density at radius 1 is 1.06 bits per heavy atom. The fourth-order valence-corrected chi connectivity index (χ4v) is 3.24. The van der Waals surface area contributed by atoms with E-state index in [1.807, 2.05) is 32.0 Å². The lowest BCUT2D eigenvalue weighted by Crippen LogP contribution is -2.45. The molecule has 172 valence electrons. The van der Waals surface area contributed by atoms with Crippen molar-refractivity contribution in [2.75, 3.05) is 32.8 Å². The number of ether oxygens (including phenoxy) is 2. The first-order valence-corrected chi connectivity index (χ1v) is 10.4. The summed E-state index contributed by atoms with van der Waals surface area (Å²) >= 11 is 0. The van der Waals surface area contributed by atoms with Crippen LogP contribution in [0.25, 0.3) is 0 Å². The molecule has 0 spiro atoms. The van der Waals surface area contributed by atoms with Crippen LogP contribution in [-0.4, -0.2) is 43.9 Å². The van der Waals surface area contributed by atoms with Gasteiger partial charge in [-0.2, -0.15) is 0 Å². The van der Waals surface area contributed by atoms with Crippen molar-refractivity contribution in [3.63, 3.8) is 0 Å². The number of guanidine groups is 1. The number of benzene rings is 1. The molecule has 0 saturated heterocycles. The Kier molecular flexibility index (Phi) is 8.65. The predicted octanol–water partition coefficient (Wildman–Crippen LogP) is 3.72. The van der Waals surface area contributed by atoms with Crippen LogP contribution in [0.2, 0.25) is 0 Å². The summed E-state index contributed by atoms with van der Waals surface area (Å²) in [7, 11) is 0. The molecule has 1 aliphatic heterocycles. The van der Waals surface area contributed by atoms with Crippen molar-refractivity contribution in [1.82, 2.24) is 10.6 Å². The highest BCUT2D eigenvalue weighted by Gasteiger charge is 2.28. The van der Waals surface area contributed by atoms with Crippen molar-refractivity contribution >= 4 is 29.9 Å². The Hall–Kier alpha value is -1.94. The van der Waals surface area contributed by atoms with Gasteiger partial charge in [0, 0.05) is 12.0 Å². The second-order valence-corrected chi connectivity index (χ2v) is 8.48. The third-order valence-corrected chi connectivity index (χ3v) is 5.17. The van der Waals surface area contributed by atoms with Gasteiger partial charge in [-0.25, -0.2) is 0 Å². The molecule has 8 heteroatoms. The zero-order valence-electron chi connectivity index (χ0n) is 18.9. The van der Waals surface area contributed by atoms with Crippen molar-refractivity contribution in [2.24, 2.45) is 4.99 Å². The van der Waals surface area contributed by atoms with E-state index in [0.29, 0.717) is 31.5 Å². The van der Waals surface area contributed by atoms with E-state index in [1.165, 1.54) is 0 Å². The summed E-state index contributed by atoms with van der Waals surface area (Å²) in [5.41, 5.74) is -0.223. The van der Waals surface area contributed by atoms with E-state index in [-0.39, 0.29) is 35.9 Å². The topological polar surface area (TPSA) is 88.3 Å². The molecule has 0 bridgehead atoms. The summed E-state index contributed by atoms with van der Waals surface area (Å²) in [6, 6.07) is 9.70.